The second-order valence-electron chi connectivity index (χ2n) is 3.16. The number of hydrogen-bond donors (Lipinski definition) is 2. The van der Waals surface area contributed by atoms with Crippen LogP contribution in [0, 0.1) is 6.92 Å². The lowest BCUT2D eigenvalue weighted by Gasteiger charge is -2.14. The summed E-state index contributed by atoms with van der Waals surface area (Å²) in [7, 11) is 1.47. The highest BCUT2D eigenvalue weighted by Gasteiger charge is 2.20. The van der Waals surface area contributed by atoms with Gasteiger partial charge < -0.3 is 15.6 Å². The van der Waals surface area contributed by atoms with Crippen LogP contribution in [0.3, 0.4) is 0 Å². The van der Waals surface area contributed by atoms with E-state index < -0.39 is 12.0 Å². The van der Waals surface area contributed by atoms with E-state index in [0.29, 0.717) is 16.3 Å². The van der Waals surface area contributed by atoms with Gasteiger partial charge in [-0.2, -0.15) is 0 Å². The summed E-state index contributed by atoms with van der Waals surface area (Å²) in [4.78, 5) is 10.8. The molecule has 0 amide bonds. The van der Waals surface area contributed by atoms with Gasteiger partial charge in [0.05, 0.1) is 7.11 Å². The molecule has 0 aliphatic heterocycles. The minimum Gasteiger partial charge on any atom is -0.496 e. The van der Waals surface area contributed by atoms with Crippen LogP contribution in [0.1, 0.15) is 17.2 Å². The predicted octanol–water partition coefficient (Wildman–Crippen LogP) is 1.74. The highest BCUT2D eigenvalue weighted by molar-refractivity contribution is 6.30. The van der Waals surface area contributed by atoms with E-state index in [-0.39, 0.29) is 0 Å². The van der Waals surface area contributed by atoms with E-state index in [4.69, 9.17) is 27.2 Å². The van der Waals surface area contributed by atoms with Gasteiger partial charge >= 0.3 is 5.97 Å². The zero-order valence-corrected chi connectivity index (χ0v) is 9.21. The van der Waals surface area contributed by atoms with E-state index >= 15 is 0 Å². The number of aliphatic carboxylic acids is 1. The van der Waals surface area contributed by atoms with Crippen LogP contribution in [-0.4, -0.2) is 18.2 Å². The lowest BCUT2D eigenvalue weighted by Crippen LogP contribution is -2.21. The summed E-state index contributed by atoms with van der Waals surface area (Å²) in [6.45, 7) is 1.78. The summed E-state index contributed by atoms with van der Waals surface area (Å²) < 4.78 is 5.10. The second kappa shape index (κ2) is 4.51. The monoisotopic (exact) mass is 229 g/mol. The smallest absolute Gasteiger partial charge is 0.325 e. The van der Waals surface area contributed by atoms with E-state index in [9.17, 15) is 4.79 Å². The zero-order chi connectivity index (χ0) is 11.6. The Morgan fingerprint density at radius 1 is 1.60 bits per heavy atom. The molecule has 0 aliphatic rings. The number of carboxylic acid groups (broad SMARTS) is 1. The summed E-state index contributed by atoms with van der Waals surface area (Å²) in [6.07, 6.45) is 0. The molecule has 0 spiro atoms. The number of halogens is 1. The van der Waals surface area contributed by atoms with Crippen LogP contribution in [0.4, 0.5) is 0 Å². The summed E-state index contributed by atoms with van der Waals surface area (Å²) >= 11 is 5.82. The zero-order valence-electron chi connectivity index (χ0n) is 8.45. The fourth-order valence-corrected chi connectivity index (χ4v) is 1.68. The molecule has 0 bridgehead atoms. The normalized spacial score (nSPS) is 12.3. The number of nitrogens with two attached hydrogens (primary N) is 1. The maximum absolute atomic E-state index is 10.8. The van der Waals surface area contributed by atoms with Crippen LogP contribution in [0.2, 0.25) is 5.02 Å². The lowest BCUT2D eigenvalue weighted by molar-refractivity contribution is -0.138. The largest absolute Gasteiger partial charge is 0.496 e. The third-order valence-corrected chi connectivity index (χ3v) is 2.29. The van der Waals surface area contributed by atoms with Gasteiger partial charge in [-0.05, 0) is 24.6 Å². The fourth-order valence-electron chi connectivity index (χ4n) is 1.40. The van der Waals surface area contributed by atoms with Crippen molar-refractivity contribution in [2.75, 3.05) is 7.11 Å². The average Bonchev–Trinajstić information content (AvgIpc) is 2.15. The average molecular weight is 230 g/mol. The first-order valence-corrected chi connectivity index (χ1v) is 4.67. The molecule has 4 nitrogen and oxygen atoms in total. The van der Waals surface area contributed by atoms with Crippen molar-refractivity contribution in [1.82, 2.24) is 0 Å². The second-order valence-corrected chi connectivity index (χ2v) is 3.60. The first-order valence-electron chi connectivity index (χ1n) is 4.29. The van der Waals surface area contributed by atoms with E-state index in [2.05, 4.69) is 0 Å². The molecule has 0 saturated heterocycles. The minimum atomic E-state index is -1.13. The number of hydrogen-bond acceptors (Lipinski definition) is 3. The van der Waals surface area contributed by atoms with Gasteiger partial charge in [-0.25, -0.2) is 0 Å². The first-order chi connectivity index (χ1) is 6.97. The van der Waals surface area contributed by atoms with Crippen LogP contribution in [0.15, 0.2) is 12.1 Å². The Labute approximate surface area is 92.6 Å². The van der Waals surface area contributed by atoms with Crippen molar-refractivity contribution >= 4 is 17.6 Å². The molecule has 5 heteroatoms. The Morgan fingerprint density at radius 3 is 2.67 bits per heavy atom. The minimum absolute atomic E-state index is 0.384. The maximum atomic E-state index is 10.8. The number of carbonyl (C=O) groups is 1. The molecule has 1 aromatic carbocycles. The van der Waals surface area contributed by atoms with Crippen molar-refractivity contribution in [3.8, 4) is 5.75 Å². The molecule has 0 saturated carbocycles. The summed E-state index contributed by atoms with van der Waals surface area (Å²) in [5.41, 5.74) is 6.66. The summed E-state index contributed by atoms with van der Waals surface area (Å²) in [5, 5.41) is 9.26. The van der Waals surface area contributed by atoms with Crippen LogP contribution < -0.4 is 10.5 Å². The Morgan fingerprint density at radius 2 is 2.20 bits per heavy atom. The Bertz CT molecular complexity index is 392. The molecule has 0 aliphatic carbocycles. The van der Waals surface area contributed by atoms with E-state index in [1.54, 1.807) is 13.0 Å². The van der Waals surface area contributed by atoms with Gasteiger partial charge in [0.25, 0.3) is 0 Å². The summed E-state index contributed by atoms with van der Waals surface area (Å²) in [6, 6.07) is 2.07. The highest BCUT2D eigenvalue weighted by atomic mass is 35.5. The molecule has 1 rings (SSSR count). The van der Waals surface area contributed by atoms with Crippen molar-refractivity contribution in [2.45, 2.75) is 13.0 Å². The van der Waals surface area contributed by atoms with E-state index in [1.807, 2.05) is 0 Å². The molecule has 0 fully saturated rings. The number of ether oxygens (including phenoxy) is 1. The quantitative estimate of drug-likeness (QED) is 0.828. The number of benzene rings is 1. The van der Waals surface area contributed by atoms with Gasteiger partial charge in [-0.3, -0.25) is 4.79 Å². The van der Waals surface area contributed by atoms with Gasteiger partial charge in [-0.15, -0.1) is 0 Å². The Balaban J connectivity index is 3.32. The molecule has 1 atom stereocenters. The van der Waals surface area contributed by atoms with Gasteiger partial charge in [0.1, 0.15) is 11.8 Å². The Kier molecular flexibility index (Phi) is 3.55. The molecule has 15 heavy (non-hydrogen) atoms. The number of aryl methyl sites for hydroxylation is 1. The van der Waals surface area contributed by atoms with Crippen molar-refractivity contribution in [3.05, 3.63) is 28.3 Å². The topological polar surface area (TPSA) is 72.5 Å². The number of methoxy groups -OCH3 is 1. The standard InChI is InChI=1S/C10H12ClNO3/c1-5-3-6(11)4-7(9(5)15-2)8(12)10(13)14/h3-4,8H,12H2,1-2H3,(H,13,14)/t8-/m0/s1. The van der Waals surface area contributed by atoms with Crippen LogP contribution in [0.25, 0.3) is 0 Å². The van der Waals surface area contributed by atoms with Gasteiger partial charge in [0, 0.05) is 10.6 Å². The third-order valence-electron chi connectivity index (χ3n) is 2.07. The van der Waals surface area contributed by atoms with Crippen molar-refractivity contribution in [1.29, 1.82) is 0 Å². The Hall–Kier alpha value is -1.26. The van der Waals surface area contributed by atoms with Crippen LogP contribution in [0.5, 0.6) is 5.75 Å². The van der Waals surface area contributed by atoms with Crippen molar-refractivity contribution in [2.24, 2.45) is 5.73 Å². The van der Waals surface area contributed by atoms with Crippen molar-refractivity contribution < 1.29 is 14.6 Å². The molecule has 0 aromatic heterocycles. The molecule has 1 aromatic rings. The third kappa shape index (κ3) is 2.40. The van der Waals surface area contributed by atoms with Gasteiger partial charge in [-0.1, -0.05) is 11.6 Å². The SMILES string of the molecule is COc1c(C)cc(Cl)cc1[C@H](N)C(=O)O. The number of rotatable bonds is 3. The summed E-state index contributed by atoms with van der Waals surface area (Å²) in [5.74, 6) is -0.649. The predicted molar refractivity (Wildman–Crippen MR) is 57.3 cm³/mol. The molecule has 3 N–H and O–H groups in total. The molecule has 82 valence electrons. The highest BCUT2D eigenvalue weighted by Crippen LogP contribution is 2.31. The van der Waals surface area contributed by atoms with Crippen LogP contribution in [-0.2, 0) is 4.79 Å². The molecule has 0 radical (unpaired) electrons. The van der Waals surface area contributed by atoms with E-state index in [1.165, 1.54) is 13.2 Å². The number of carboxylic acids is 1. The molecule has 0 heterocycles. The first kappa shape index (κ1) is 11.8. The molecule has 0 unspecified atom stereocenters. The lowest BCUT2D eigenvalue weighted by atomic mass is 10.0. The molecular formula is C10H12ClNO3. The molecular weight excluding hydrogens is 218 g/mol. The van der Waals surface area contributed by atoms with E-state index in [0.717, 1.165) is 5.56 Å². The van der Waals surface area contributed by atoms with Gasteiger partial charge in [0.2, 0.25) is 0 Å². The van der Waals surface area contributed by atoms with Crippen molar-refractivity contribution in [3.63, 3.8) is 0 Å². The van der Waals surface area contributed by atoms with Crippen LogP contribution >= 0.6 is 11.6 Å². The maximum Gasteiger partial charge on any atom is 0.325 e. The fraction of sp³-hybridized carbons (Fsp3) is 0.300. The van der Waals surface area contributed by atoms with Gasteiger partial charge in [0.15, 0.2) is 0 Å².